The van der Waals surface area contributed by atoms with Gasteiger partial charge in [0, 0.05) is 11.9 Å². The zero-order valence-corrected chi connectivity index (χ0v) is 8.81. The molecule has 0 radical (unpaired) electrons. The standard InChI is InChI=1S/C11H13N3O/c1-8-5-9(2)14(13-8)11-3-4-12-10(6-11)7-15/h3-6,15H,7H2,1-2H3. The van der Waals surface area contributed by atoms with E-state index >= 15 is 0 Å². The molecule has 0 spiro atoms. The normalized spacial score (nSPS) is 10.6. The van der Waals surface area contributed by atoms with E-state index < -0.39 is 0 Å². The molecule has 1 N–H and O–H groups in total. The molecule has 0 aliphatic carbocycles. The van der Waals surface area contributed by atoms with Crippen LogP contribution in [0.1, 0.15) is 17.1 Å². The molecule has 0 atom stereocenters. The van der Waals surface area contributed by atoms with Crippen LogP contribution in [0, 0.1) is 13.8 Å². The third-order valence-corrected chi connectivity index (χ3v) is 2.22. The van der Waals surface area contributed by atoms with Crippen LogP contribution in [0.15, 0.2) is 24.4 Å². The molecule has 0 fully saturated rings. The van der Waals surface area contributed by atoms with Crippen molar-refractivity contribution in [3.05, 3.63) is 41.5 Å². The van der Waals surface area contributed by atoms with Gasteiger partial charge >= 0.3 is 0 Å². The molecule has 0 unspecified atom stereocenters. The molecule has 0 aromatic carbocycles. The van der Waals surface area contributed by atoms with Crippen molar-refractivity contribution in [2.75, 3.05) is 0 Å². The predicted molar refractivity (Wildman–Crippen MR) is 56.8 cm³/mol. The quantitative estimate of drug-likeness (QED) is 0.802. The number of aliphatic hydroxyl groups is 1. The molecule has 2 heterocycles. The zero-order valence-electron chi connectivity index (χ0n) is 8.81. The van der Waals surface area contributed by atoms with E-state index in [-0.39, 0.29) is 6.61 Å². The predicted octanol–water partition coefficient (Wildman–Crippen LogP) is 1.38. The first-order valence-corrected chi connectivity index (χ1v) is 4.80. The van der Waals surface area contributed by atoms with Crippen LogP contribution in [0.5, 0.6) is 0 Å². The number of pyridine rings is 1. The van der Waals surface area contributed by atoms with E-state index in [1.54, 1.807) is 6.20 Å². The second kappa shape index (κ2) is 3.82. The van der Waals surface area contributed by atoms with Crippen molar-refractivity contribution in [1.82, 2.24) is 14.8 Å². The van der Waals surface area contributed by atoms with Gasteiger partial charge in [0.15, 0.2) is 0 Å². The summed E-state index contributed by atoms with van der Waals surface area (Å²) in [7, 11) is 0. The van der Waals surface area contributed by atoms with Crippen molar-refractivity contribution in [1.29, 1.82) is 0 Å². The maximum atomic E-state index is 8.99. The first-order valence-electron chi connectivity index (χ1n) is 4.80. The SMILES string of the molecule is Cc1cc(C)n(-c2ccnc(CO)c2)n1. The van der Waals surface area contributed by atoms with Gasteiger partial charge in [-0.2, -0.15) is 5.10 Å². The van der Waals surface area contributed by atoms with Gasteiger partial charge in [-0.05, 0) is 32.0 Å². The Balaban J connectivity index is 2.49. The van der Waals surface area contributed by atoms with E-state index in [0.29, 0.717) is 5.69 Å². The molecule has 0 amide bonds. The lowest BCUT2D eigenvalue weighted by molar-refractivity contribution is 0.277. The lowest BCUT2D eigenvalue weighted by Crippen LogP contribution is -2.01. The van der Waals surface area contributed by atoms with E-state index in [9.17, 15) is 0 Å². The number of hydrogen-bond donors (Lipinski definition) is 1. The molecular formula is C11H13N3O. The minimum absolute atomic E-state index is 0.0485. The molecule has 4 heteroatoms. The Hall–Kier alpha value is -1.68. The van der Waals surface area contributed by atoms with E-state index in [1.807, 2.05) is 36.7 Å². The summed E-state index contributed by atoms with van der Waals surface area (Å²) in [5.41, 5.74) is 3.64. The fraction of sp³-hybridized carbons (Fsp3) is 0.273. The Morgan fingerprint density at radius 2 is 2.13 bits per heavy atom. The minimum atomic E-state index is -0.0485. The molecule has 0 saturated heterocycles. The lowest BCUT2D eigenvalue weighted by Gasteiger charge is -2.04. The first-order chi connectivity index (χ1) is 7.20. The van der Waals surface area contributed by atoms with Gasteiger partial charge < -0.3 is 5.11 Å². The molecular weight excluding hydrogens is 190 g/mol. The first kappa shape index (κ1) is 9.86. The average Bonchev–Trinajstić information content (AvgIpc) is 2.58. The summed E-state index contributed by atoms with van der Waals surface area (Å²) in [6, 6.07) is 5.72. The van der Waals surface area contributed by atoms with Crippen molar-refractivity contribution in [2.45, 2.75) is 20.5 Å². The van der Waals surface area contributed by atoms with Gasteiger partial charge in [0.1, 0.15) is 0 Å². The van der Waals surface area contributed by atoms with Crippen molar-refractivity contribution < 1.29 is 5.11 Å². The number of aryl methyl sites for hydroxylation is 2. The summed E-state index contributed by atoms with van der Waals surface area (Å²) in [6.45, 7) is 3.91. The molecule has 2 aromatic rings. The van der Waals surface area contributed by atoms with E-state index in [4.69, 9.17) is 5.11 Å². The van der Waals surface area contributed by atoms with Crippen LogP contribution in [0.3, 0.4) is 0 Å². The Morgan fingerprint density at radius 3 is 2.73 bits per heavy atom. The molecule has 0 aliphatic heterocycles. The Labute approximate surface area is 88.2 Å². The molecule has 0 bridgehead atoms. The van der Waals surface area contributed by atoms with Crippen LogP contribution in [0.2, 0.25) is 0 Å². The molecule has 2 rings (SSSR count). The van der Waals surface area contributed by atoms with Crippen LogP contribution in [-0.2, 0) is 6.61 Å². The summed E-state index contributed by atoms with van der Waals surface area (Å²) >= 11 is 0. The van der Waals surface area contributed by atoms with Crippen molar-refractivity contribution >= 4 is 0 Å². The fourth-order valence-corrected chi connectivity index (χ4v) is 1.57. The Bertz CT molecular complexity index is 476. The van der Waals surface area contributed by atoms with Crippen molar-refractivity contribution in [2.24, 2.45) is 0 Å². The van der Waals surface area contributed by atoms with Crippen LogP contribution >= 0.6 is 0 Å². The van der Waals surface area contributed by atoms with Crippen LogP contribution in [0.25, 0.3) is 5.69 Å². The summed E-state index contributed by atoms with van der Waals surface area (Å²) in [4.78, 5) is 4.03. The highest BCUT2D eigenvalue weighted by Crippen LogP contribution is 2.12. The van der Waals surface area contributed by atoms with Gasteiger partial charge in [0.25, 0.3) is 0 Å². The minimum Gasteiger partial charge on any atom is -0.390 e. The van der Waals surface area contributed by atoms with Crippen molar-refractivity contribution in [3.8, 4) is 5.69 Å². The molecule has 2 aromatic heterocycles. The summed E-state index contributed by atoms with van der Waals surface area (Å²) in [5.74, 6) is 0. The van der Waals surface area contributed by atoms with E-state index in [2.05, 4.69) is 10.1 Å². The summed E-state index contributed by atoms with van der Waals surface area (Å²) in [6.07, 6.45) is 1.68. The maximum absolute atomic E-state index is 8.99. The highest BCUT2D eigenvalue weighted by molar-refractivity contribution is 5.33. The third-order valence-electron chi connectivity index (χ3n) is 2.22. The second-order valence-corrected chi connectivity index (χ2v) is 3.50. The van der Waals surface area contributed by atoms with Gasteiger partial charge in [-0.1, -0.05) is 0 Å². The average molecular weight is 203 g/mol. The monoisotopic (exact) mass is 203 g/mol. The molecule has 4 nitrogen and oxygen atoms in total. The number of hydrogen-bond acceptors (Lipinski definition) is 3. The van der Waals surface area contributed by atoms with Gasteiger partial charge in [-0.3, -0.25) is 4.98 Å². The highest BCUT2D eigenvalue weighted by atomic mass is 16.3. The largest absolute Gasteiger partial charge is 0.390 e. The third kappa shape index (κ3) is 1.89. The van der Waals surface area contributed by atoms with Gasteiger partial charge in [-0.25, -0.2) is 4.68 Å². The lowest BCUT2D eigenvalue weighted by atomic mass is 10.3. The van der Waals surface area contributed by atoms with E-state index in [0.717, 1.165) is 17.1 Å². The van der Waals surface area contributed by atoms with Crippen LogP contribution in [-0.4, -0.2) is 19.9 Å². The summed E-state index contributed by atoms with van der Waals surface area (Å²) in [5, 5.41) is 13.4. The Morgan fingerprint density at radius 1 is 1.33 bits per heavy atom. The number of aromatic nitrogens is 3. The summed E-state index contributed by atoms with van der Waals surface area (Å²) < 4.78 is 1.84. The van der Waals surface area contributed by atoms with Gasteiger partial charge in [0.2, 0.25) is 0 Å². The number of nitrogens with zero attached hydrogens (tertiary/aromatic N) is 3. The molecule has 0 saturated carbocycles. The number of rotatable bonds is 2. The van der Waals surface area contributed by atoms with Gasteiger partial charge in [0.05, 0.1) is 23.7 Å². The number of aliphatic hydroxyl groups excluding tert-OH is 1. The highest BCUT2D eigenvalue weighted by Gasteiger charge is 2.04. The van der Waals surface area contributed by atoms with Crippen LogP contribution < -0.4 is 0 Å². The Kier molecular flexibility index (Phi) is 2.51. The topological polar surface area (TPSA) is 50.9 Å². The second-order valence-electron chi connectivity index (χ2n) is 3.50. The fourth-order valence-electron chi connectivity index (χ4n) is 1.57. The van der Waals surface area contributed by atoms with Crippen LogP contribution in [0.4, 0.5) is 0 Å². The molecule has 0 aliphatic rings. The molecule has 15 heavy (non-hydrogen) atoms. The smallest absolute Gasteiger partial charge is 0.0853 e. The zero-order chi connectivity index (χ0) is 10.8. The van der Waals surface area contributed by atoms with E-state index in [1.165, 1.54) is 0 Å². The molecule has 78 valence electrons. The van der Waals surface area contributed by atoms with Crippen molar-refractivity contribution in [3.63, 3.8) is 0 Å². The maximum Gasteiger partial charge on any atom is 0.0853 e. The van der Waals surface area contributed by atoms with Gasteiger partial charge in [-0.15, -0.1) is 0 Å².